The van der Waals surface area contributed by atoms with Crippen LogP contribution in [0.15, 0.2) is 30.6 Å². The molecule has 0 amide bonds. The summed E-state index contributed by atoms with van der Waals surface area (Å²) in [5, 5.41) is 9.40. The van der Waals surface area contributed by atoms with Crippen LogP contribution in [0.3, 0.4) is 0 Å². The van der Waals surface area contributed by atoms with E-state index in [0.717, 1.165) is 49.3 Å². The van der Waals surface area contributed by atoms with Gasteiger partial charge in [-0.25, -0.2) is 9.97 Å². The summed E-state index contributed by atoms with van der Waals surface area (Å²) in [5.41, 5.74) is 5.96. The summed E-state index contributed by atoms with van der Waals surface area (Å²) < 4.78 is 0. The van der Waals surface area contributed by atoms with Crippen molar-refractivity contribution >= 4 is 6.08 Å². The molecule has 2 atom stereocenters. The zero-order valence-corrected chi connectivity index (χ0v) is 21.2. The number of aliphatic hydroxyl groups is 1. The first-order chi connectivity index (χ1) is 13.0. The number of aliphatic hydroxyl groups excluding tert-OH is 1. The van der Waals surface area contributed by atoms with E-state index >= 15 is 0 Å². The van der Waals surface area contributed by atoms with Crippen LogP contribution in [0.25, 0.3) is 6.08 Å². The molecule has 1 N–H and O–H groups in total. The largest absolute Gasteiger partial charge is 2.00 e. The predicted octanol–water partition coefficient (Wildman–Crippen LogP) is 3.90. The maximum atomic E-state index is 9.40. The summed E-state index contributed by atoms with van der Waals surface area (Å²) >= 11 is 0. The third kappa shape index (κ3) is 6.53. The second-order valence-electron chi connectivity index (χ2n) is 7.58. The van der Waals surface area contributed by atoms with Gasteiger partial charge in [-0.2, -0.15) is 30.7 Å². The van der Waals surface area contributed by atoms with Crippen molar-refractivity contribution in [1.82, 2.24) is 14.9 Å². The number of hydrogen-bond acceptors (Lipinski definition) is 4. The summed E-state index contributed by atoms with van der Waals surface area (Å²) in [7, 11) is 2.13. The van der Waals surface area contributed by atoms with Crippen molar-refractivity contribution in [1.29, 1.82) is 0 Å². The molecule has 2 aliphatic rings. The quantitative estimate of drug-likeness (QED) is 0.543. The molecule has 1 aromatic heterocycles. The van der Waals surface area contributed by atoms with Gasteiger partial charge in [0.2, 0.25) is 0 Å². The average molecular weight is 602 g/mol. The topological polar surface area (TPSA) is 49.2 Å². The van der Waals surface area contributed by atoms with Crippen LogP contribution >= 0.6 is 0 Å². The zero-order valence-electron chi connectivity index (χ0n) is 17.0. The zero-order chi connectivity index (χ0) is 19.2. The molecule has 4 rings (SSSR count). The molecule has 1 aliphatic carbocycles. The molecular formula is C23H29N3OU. The molecule has 1 saturated carbocycles. The maximum Gasteiger partial charge on any atom is 2.00 e. The molecule has 0 bridgehead atoms. The van der Waals surface area contributed by atoms with Crippen LogP contribution < -0.4 is 0 Å². The van der Waals surface area contributed by atoms with E-state index in [2.05, 4.69) is 52.3 Å². The smallest absolute Gasteiger partial charge is 0.425 e. The molecule has 1 aliphatic heterocycles. The van der Waals surface area contributed by atoms with Gasteiger partial charge in [0.1, 0.15) is 6.33 Å². The van der Waals surface area contributed by atoms with Gasteiger partial charge in [-0.05, 0) is 40.4 Å². The Kier molecular flexibility index (Phi) is 9.37. The molecule has 2 aromatic rings. The molecule has 5 heteroatoms. The van der Waals surface area contributed by atoms with Crippen LogP contribution in [-0.4, -0.2) is 33.1 Å². The van der Waals surface area contributed by atoms with Gasteiger partial charge < -0.3 is 16.4 Å². The van der Waals surface area contributed by atoms with Gasteiger partial charge >= 0.3 is 31.1 Å². The Balaban J connectivity index is 0.000000217. The molecule has 0 spiro atoms. The normalized spacial score (nSPS) is 21.1. The fourth-order valence-electron chi connectivity index (χ4n) is 3.72. The van der Waals surface area contributed by atoms with Crippen LogP contribution in [0.4, 0.5) is 0 Å². The van der Waals surface area contributed by atoms with E-state index in [9.17, 15) is 5.11 Å². The fourth-order valence-corrected chi connectivity index (χ4v) is 3.72. The minimum Gasteiger partial charge on any atom is -0.425 e. The number of nitrogens with zero attached hydrogens (tertiary/aromatic N) is 3. The summed E-state index contributed by atoms with van der Waals surface area (Å²) in [4.78, 5) is 10.7. The Morgan fingerprint density at radius 2 is 2.04 bits per heavy atom. The SMILES string of the molecule is CN1Cc2[c-]cccc2C1.Cc1ncnc(C)c1/C=C\C[C@@H]1C[CH-][C@@H](O)C1.[U+2]. The van der Waals surface area contributed by atoms with E-state index in [4.69, 9.17) is 0 Å². The minimum absolute atomic E-state index is 0. The Bertz CT molecular complexity index is 748. The average Bonchev–Trinajstić information content (AvgIpc) is 3.22. The summed E-state index contributed by atoms with van der Waals surface area (Å²) in [5.74, 6) is 0.589. The van der Waals surface area contributed by atoms with E-state index in [1.807, 2.05) is 26.3 Å². The first kappa shape index (κ1) is 23.3. The Labute approximate surface area is 192 Å². The molecule has 2 heterocycles. The second-order valence-corrected chi connectivity index (χ2v) is 7.58. The Hall–Kier alpha value is -0.988. The van der Waals surface area contributed by atoms with Crippen LogP contribution in [0, 0.1) is 63.4 Å². The third-order valence-electron chi connectivity index (χ3n) is 5.26. The number of rotatable bonds is 3. The number of allylic oxidation sites excluding steroid dienone is 1. The first-order valence-corrected chi connectivity index (χ1v) is 9.66. The number of benzene rings is 1. The van der Waals surface area contributed by atoms with Crippen LogP contribution in [0.2, 0.25) is 0 Å². The molecule has 0 radical (unpaired) electrons. The predicted molar refractivity (Wildman–Crippen MR) is 109 cm³/mol. The van der Waals surface area contributed by atoms with Crippen molar-refractivity contribution in [3.63, 3.8) is 0 Å². The summed E-state index contributed by atoms with van der Waals surface area (Å²) in [6.45, 7) is 6.16. The van der Waals surface area contributed by atoms with Gasteiger partial charge in [0.15, 0.2) is 0 Å². The molecule has 1 aromatic carbocycles. The van der Waals surface area contributed by atoms with Crippen molar-refractivity contribution < 1.29 is 36.2 Å². The van der Waals surface area contributed by atoms with Gasteiger partial charge in [0.05, 0.1) is 0 Å². The van der Waals surface area contributed by atoms with Crippen LogP contribution in [-0.2, 0) is 13.1 Å². The van der Waals surface area contributed by atoms with E-state index < -0.39 is 0 Å². The summed E-state index contributed by atoms with van der Waals surface area (Å²) in [6.07, 6.45) is 10.6. The Morgan fingerprint density at radius 1 is 1.29 bits per heavy atom. The van der Waals surface area contributed by atoms with E-state index in [-0.39, 0.29) is 37.2 Å². The number of fused-ring (bicyclic) bond motifs is 1. The number of aryl methyl sites for hydroxylation is 2. The van der Waals surface area contributed by atoms with E-state index in [1.165, 1.54) is 11.1 Å². The van der Waals surface area contributed by atoms with Gasteiger partial charge in [-0.3, -0.25) is 0 Å². The van der Waals surface area contributed by atoms with Crippen molar-refractivity contribution in [3.8, 4) is 0 Å². The fraction of sp³-hybridized carbons (Fsp3) is 0.435. The monoisotopic (exact) mass is 601 g/mol. The van der Waals surface area contributed by atoms with E-state index in [1.54, 1.807) is 6.33 Å². The summed E-state index contributed by atoms with van der Waals surface area (Å²) in [6, 6.07) is 9.45. The first-order valence-electron chi connectivity index (χ1n) is 9.66. The maximum absolute atomic E-state index is 9.40. The molecule has 1 fully saturated rings. The Morgan fingerprint density at radius 3 is 2.68 bits per heavy atom. The van der Waals surface area contributed by atoms with Gasteiger partial charge in [-0.15, -0.1) is 11.1 Å². The molecule has 4 nitrogen and oxygen atoms in total. The van der Waals surface area contributed by atoms with Crippen LogP contribution in [0.1, 0.15) is 47.3 Å². The van der Waals surface area contributed by atoms with Crippen molar-refractivity contribution in [2.24, 2.45) is 5.92 Å². The van der Waals surface area contributed by atoms with Crippen molar-refractivity contribution in [2.75, 3.05) is 7.05 Å². The molecule has 0 saturated heterocycles. The molecule has 0 unspecified atom stereocenters. The minimum atomic E-state index is -0.197. The van der Waals surface area contributed by atoms with Crippen LogP contribution in [0.5, 0.6) is 0 Å². The second kappa shape index (κ2) is 11.3. The standard InChI is InChI=1S/C14H19N2O.C9H10N.U/c1-10-14(11(2)16-9-15-10)5-3-4-12-6-7-13(17)8-12;1-10-6-8-4-2-3-5-9(8)7-10;/h3,5,7,9,12-13,17H,4,6,8H2,1-2H3;2-4H,6-7H2,1H3;/q2*-1;+2/b5-3-;;/t12-,13-;;/m1../s1. The number of aromatic nitrogens is 2. The van der Waals surface area contributed by atoms with Gasteiger partial charge in [0.25, 0.3) is 0 Å². The van der Waals surface area contributed by atoms with Gasteiger partial charge in [0, 0.05) is 17.0 Å². The van der Waals surface area contributed by atoms with Gasteiger partial charge in [-0.1, -0.05) is 30.6 Å². The third-order valence-corrected chi connectivity index (χ3v) is 5.26. The van der Waals surface area contributed by atoms with Crippen molar-refractivity contribution in [2.45, 2.75) is 52.3 Å². The molecular weight excluding hydrogens is 572 g/mol. The molecule has 28 heavy (non-hydrogen) atoms. The number of hydrogen-bond donors (Lipinski definition) is 1. The van der Waals surface area contributed by atoms with Crippen molar-refractivity contribution in [3.05, 3.63) is 71.2 Å². The molecule has 146 valence electrons. The van der Waals surface area contributed by atoms with E-state index in [0.29, 0.717) is 5.92 Å².